The molecule has 22 heavy (non-hydrogen) atoms. The van der Waals surface area contributed by atoms with Crippen molar-refractivity contribution < 1.29 is 9.47 Å². The minimum Gasteiger partial charge on any atom is -0.448 e. The summed E-state index contributed by atoms with van der Waals surface area (Å²) in [4.78, 5) is 0. The second kappa shape index (κ2) is 5.85. The van der Waals surface area contributed by atoms with Crippen LogP contribution in [0.1, 0.15) is 6.42 Å². The molecule has 0 atom stereocenters. The number of hydrogen-bond donors (Lipinski definition) is 2. The van der Waals surface area contributed by atoms with Crippen molar-refractivity contribution in [2.24, 2.45) is 0 Å². The van der Waals surface area contributed by atoms with Crippen molar-refractivity contribution in [3.63, 3.8) is 0 Å². The molecule has 3 rings (SSSR count). The van der Waals surface area contributed by atoms with Gasteiger partial charge in [0.25, 0.3) is 5.79 Å². The molecule has 0 saturated heterocycles. The predicted molar refractivity (Wildman–Crippen MR) is 88.6 cm³/mol. The SMILES string of the molecule is Nc1cccc(OC2(Oc3cccc(N)c3)C=CC=CC2)c1. The molecule has 0 heterocycles. The number of allylic oxidation sites excluding steroid dienone is 2. The molecule has 4 nitrogen and oxygen atoms in total. The van der Waals surface area contributed by atoms with Gasteiger partial charge >= 0.3 is 0 Å². The summed E-state index contributed by atoms with van der Waals surface area (Å²) in [6, 6.07) is 14.6. The zero-order valence-electron chi connectivity index (χ0n) is 12.1. The van der Waals surface area contributed by atoms with Crippen molar-refractivity contribution in [1.82, 2.24) is 0 Å². The Morgan fingerprint density at radius 2 is 1.41 bits per heavy atom. The molecule has 112 valence electrons. The lowest BCUT2D eigenvalue weighted by atomic mass is 10.1. The van der Waals surface area contributed by atoms with Crippen molar-refractivity contribution in [2.75, 3.05) is 11.5 Å². The average molecular weight is 294 g/mol. The molecule has 0 saturated carbocycles. The van der Waals surface area contributed by atoms with Gasteiger partial charge in [0.2, 0.25) is 0 Å². The highest BCUT2D eigenvalue weighted by molar-refractivity contribution is 5.45. The van der Waals surface area contributed by atoms with E-state index >= 15 is 0 Å². The summed E-state index contributed by atoms with van der Waals surface area (Å²) in [6.07, 6.45) is 8.34. The Hall–Kier alpha value is -2.88. The molecule has 0 spiro atoms. The van der Waals surface area contributed by atoms with Gasteiger partial charge in [-0.05, 0) is 30.3 Å². The zero-order valence-corrected chi connectivity index (χ0v) is 12.1. The van der Waals surface area contributed by atoms with Crippen LogP contribution in [-0.2, 0) is 0 Å². The first kappa shape index (κ1) is 14.1. The standard InChI is InChI=1S/C18H18N2O2/c19-14-6-4-8-16(12-14)21-18(10-2-1-3-11-18)22-17-9-5-7-15(20)13-17/h1-10,12-13H,11,19-20H2. The van der Waals surface area contributed by atoms with E-state index in [4.69, 9.17) is 20.9 Å². The van der Waals surface area contributed by atoms with Gasteiger partial charge in [0.15, 0.2) is 0 Å². The van der Waals surface area contributed by atoms with Crippen molar-refractivity contribution in [1.29, 1.82) is 0 Å². The van der Waals surface area contributed by atoms with Crippen LogP contribution in [0.3, 0.4) is 0 Å². The molecule has 0 aliphatic heterocycles. The van der Waals surface area contributed by atoms with Crippen molar-refractivity contribution in [2.45, 2.75) is 12.2 Å². The Labute approximate surface area is 129 Å². The van der Waals surface area contributed by atoms with Crippen LogP contribution in [0.5, 0.6) is 11.5 Å². The Morgan fingerprint density at radius 1 is 0.818 bits per heavy atom. The minimum atomic E-state index is -0.906. The lowest BCUT2D eigenvalue weighted by Gasteiger charge is -2.32. The third-order valence-electron chi connectivity index (χ3n) is 3.30. The molecule has 4 heteroatoms. The normalized spacial score (nSPS) is 15.5. The highest BCUT2D eigenvalue weighted by Crippen LogP contribution is 2.30. The Kier molecular flexibility index (Phi) is 3.74. The molecular weight excluding hydrogens is 276 g/mol. The zero-order chi connectivity index (χ0) is 15.4. The monoisotopic (exact) mass is 294 g/mol. The van der Waals surface area contributed by atoms with Crippen LogP contribution in [-0.4, -0.2) is 5.79 Å². The van der Waals surface area contributed by atoms with Gasteiger partial charge < -0.3 is 20.9 Å². The summed E-state index contributed by atoms with van der Waals surface area (Å²) < 4.78 is 12.2. The molecule has 0 fully saturated rings. The van der Waals surface area contributed by atoms with E-state index in [0.717, 1.165) is 0 Å². The predicted octanol–water partition coefficient (Wildman–Crippen LogP) is 3.52. The molecule has 1 aliphatic rings. The average Bonchev–Trinajstić information content (AvgIpc) is 2.48. The van der Waals surface area contributed by atoms with Crippen molar-refractivity contribution in [3.05, 3.63) is 72.8 Å². The fourth-order valence-corrected chi connectivity index (χ4v) is 2.31. The molecular formula is C18H18N2O2. The van der Waals surface area contributed by atoms with E-state index in [1.807, 2.05) is 60.7 Å². The van der Waals surface area contributed by atoms with E-state index < -0.39 is 5.79 Å². The van der Waals surface area contributed by atoms with Crippen LogP contribution in [0.15, 0.2) is 72.8 Å². The van der Waals surface area contributed by atoms with E-state index in [-0.39, 0.29) is 0 Å². The molecule has 0 unspecified atom stereocenters. The smallest absolute Gasteiger partial charge is 0.274 e. The van der Waals surface area contributed by atoms with Crippen LogP contribution in [0.2, 0.25) is 0 Å². The summed E-state index contributed by atoms with van der Waals surface area (Å²) in [5, 5.41) is 0. The van der Waals surface area contributed by atoms with Gasteiger partial charge in [0, 0.05) is 29.9 Å². The van der Waals surface area contributed by atoms with Gasteiger partial charge in [-0.1, -0.05) is 30.4 Å². The number of hydrogen-bond acceptors (Lipinski definition) is 4. The molecule has 0 amide bonds. The lowest BCUT2D eigenvalue weighted by molar-refractivity contribution is -0.0686. The first-order valence-electron chi connectivity index (χ1n) is 7.09. The van der Waals surface area contributed by atoms with E-state index in [9.17, 15) is 0 Å². The van der Waals surface area contributed by atoms with Crippen LogP contribution < -0.4 is 20.9 Å². The Balaban J connectivity index is 1.88. The molecule has 4 N–H and O–H groups in total. The summed E-state index contributed by atoms with van der Waals surface area (Å²) in [6.45, 7) is 0. The number of anilines is 2. The van der Waals surface area contributed by atoms with E-state index in [1.54, 1.807) is 12.1 Å². The van der Waals surface area contributed by atoms with Crippen LogP contribution in [0, 0.1) is 0 Å². The molecule has 1 aliphatic carbocycles. The highest BCUT2D eigenvalue weighted by Gasteiger charge is 2.32. The quantitative estimate of drug-likeness (QED) is 0.668. The topological polar surface area (TPSA) is 70.5 Å². The third-order valence-corrected chi connectivity index (χ3v) is 3.30. The molecule has 0 aromatic heterocycles. The maximum Gasteiger partial charge on any atom is 0.274 e. The number of nitrogen functional groups attached to an aromatic ring is 2. The first-order valence-corrected chi connectivity index (χ1v) is 7.09. The molecule has 0 bridgehead atoms. The summed E-state index contributed by atoms with van der Waals surface area (Å²) >= 11 is 0. The van der Waals surface area contributed by atoms with Gasteiger partial charge in [0.1, 0.15) is 11.5 Å². The molecule has 2 aromatic carbocycles. The summed E-state index contributed by atoms with van der Waals surface area (Å²) in [7, 11) is 0. The second-order valence-corrected chi connectivity index (χ2v) is 5.15. The summed E-state index contributed by atoms with van der Waals surface area (Å²) in [5.41, 5.74) is 12.9. The maximum atomic E-state index is 6.09. The summed E-state index contributed by atoms with van der Waals surface area (Å²) in [5.74, 6) is 0.406. The Bertz CT molecular complexity index is 675. The Morgan fingerprint density at radius 3 is 1.86 bits per heavy atom. The number of rotatable bonds is 4. The second-order valence-electron chi connectivity index (χ2n) is 5.15. The third kappa shape index (κ3) is 3.23. The van der Waals surface area contributed by atoms with Gasteiger partial charge in [-0.2, -0.15) is 0 Å². The molecule has 0 radical (unpaired) electrons. The van der Waals surface area contributed by atoms with Gasteiger partial charge in [-0.3, -0.25) is 0 Å². The number of ether oxygens (including phenoxy) is 2. The minimum absolute atomic E-state index is 0.590. The van der Waals surface area contributed by atoms with Crippen LogP contribution in [0.4, 0.5) is 11.4 Å². The first-order chi connectivity index (χ1) is 10.7. The molecule has 2 aromatic rings. The highest BCUT2D eigenvalue weighted by atomic mass is 16.7. The van der Waals surface area contributed by atoms with Crippen molar-refractivity contribution in [3.8, 4) is 11.5 Å². The fourth-order valence-electron chi connectivity index (χ4n) is 2.31. The van der Waals surface area contributed by atoms with Gasteiger partial charge in [0.05, 0.1) is 0 Å². The van der Waals surface area contributed by atoms with E-state index in [1.165, 1.54) is 0 Å². The fraction of sp³-hybridized carbons (Fsp3) is 0.111. The van der Waals surface area contributed by atoms with E-state index in [2.05, 4.69) is 0 Å². The number of benzene rings is 2. The maximum absolute atomic E-state index is 6.09. The van der Waals surface area contributed by atoms with E-state index in [0.29, 0.717) is 29.3 Å². The lowest BCUT2D eigenvalue weighted by Crippen LogP contribution is -2.40. The van der Waals surface area contributed by atoms with Gasteiger partial charge in [-0.15, -0.1) is 0 Å². The van der Waals surface area contributed by atoms with Crippen LogP contribution >= 0.6 is 0 Å². The van der Waals surface area contributed by atoms with Gasteiger partial charge in [-0.25, -0.2) is 0 Å². The van der Waals surface area contributed by atoms with Crippen molar-refractivity contribution >= 4 is 11.4 Å². The number of nitrogens with two attached hydrogens (primary N) is 2. The largest absolute Gasteiger partial charge is 0.448 e. The van der Waals surface area contributed by atoms with Crippen LogP contribution in [0.25, 0.3) is 0 Å².